The van der Waals surface area contributed by atoms with E-state index in [0.29, 0.717) is 43.5 Å². The van der Waals surface area contributed by atoms with Gasteiger partial charge in [-0.3, -0.25) is 19.2 Å². The predicted octanol–water partition coefficient (Wildman–Crippen LogP) is 8.31. The first-order chi connectivity index (χ1) is 25.1. The Labute approximate surface area is 322 Å². The van der Waals surface area contributed by atoms with E-state index in [0.717, 1.165) is 62.5 Å². The summed E-state index contributed by atoms with van der Waals surface area (Å²) in [4.78, 5) is 57.3. The molecule has 4 N–H and O–H groups in total. The molecular formula is C45H65N3O6. The van der Waals surface area contributed by atoms with E-state index in [1.165, 1.54) is 5.57 Å². The van der Waals surface area contributed by atoms with Crippen LogP contribution in [0.5, 0.6) is 0 Å². The minimum absolute atomic E-state index is 0.0104. The highest BCUT2D eigenvalue weighted by atomic mass is 16.5. The minimum Gasteiger partial charge on any atom is -0.481 e. The summed E-state index contributed by atoms with van der Waals surface area (Å²) < 4.78 is 6.41. The topological polar surface area (TPSA) is 149 Å². The monoisotopic (exact) mass is 743 g/mol. The molecule has 6 aliphatic carbocycles. The molecule has 1 heterocycles. The van der Waals surface area contributed by atoms with E-state index >= 15 is 0 Å². The van der Waals surface area contributed by atoms with Crippen LogP contribution in [0.1, 0.15) is 139 Å². The molecule has 0 spiro atoms. The van der Waals surface area contributed by atoms with Crippen molar-refractivity contribution >= 4 is 29.4 Å². The zero-order valence-electron chi connectivity index (χ0n) is 34.3. The second-order valence-corrected chi connectivity index (χ2v) is 20.8. The molecule has 10 atom stereocenters. The van der Waals surface area contributed by atoms with Gasteiger partial charge in [-0.05, 0) is 120 Å². The third-order valence-electron chi connectivity index (χ3n) is 17.5. The lowest BCUT2D eigenvalue weighted by Crippen LogP contribution is -2.66. The number of Topliss-reactive ketones (excluding diaryl/α,β-unsaturated/α-hetero) is 1. The van der Waals surface area contributed by atoms with Gasteiger partial charge in [-0.15, -0.1) is 0 Å². The number of hydrogen-bond acceptors (Lipinski definition) is 7. The van der Waals surface area contributed by atoms with Gasteiger partial charge in [-0.1, -0.05) is 74.0 Å². The van der Waals surface area contributed by atoms with Crippen LogP contribution in [-0.4, -0.2) is 39.8 Å². The summed E-state index contributed by atoms with van der Waals surface area (Å²) in [6, 6.07) is 3.63. The Morgan fingerprint density at radius 1 is 0.907 bits per heavy atom. The molecule has 7 rings (SSSR count). The zero-order chi connectivity index (χ0) is 39.4. The molecular weight excluding hydrogens is 679 g/mol. The average molecular weight is 744 g/mol. The van der Waals surface area contributed by atoms with E-state index in [2.05, 4.69) is 58.8 Å². The molecule has 0 aliphatic heterocycles. The lowest BCUT2D eigenvalue weighted by molar-refractivity contribution is -0.236. The molecule has 5 saturated carbocycles. The van der Waals surface area contributed by atoms with Gasteiger partial charge in [0.15, 0.2) is 5.78 Å². The van der Waals surface area contributed by atoms with E-state index in [-0.39, 0.29) is 63.2 Å². The lowest BCUT2D eigenvalue weighted by atomic mass is 9.33. The number of pyridine rings is 1. The standard InChI is InChI=1S/C45H65N3O6/c1-25(2)36-30(49)21-45(22-35(50)48-24-26-10-13-34(46)47-23-26)19-18-43(8)27(37(36)45)11-12-32-42(7)16-15-33(41(5,6)31(42)14-17-44(32,43)9)54-39(53)29-20-28(38(51)52)40(29,3)4/h10,13,23,25,27-29,31-33H,11-12,14-22,24H2,1-9H3,(H2,46,47)(H,48,50)(H,51,52)/t27-,28+,29-,31+,32-,33+,42+,43-,44-,45+/m1/s1. The molecule has 0 unspecified atom stereocenters. The van der Waals surface area contributed by atoms with Crippen molar-refractivity contribution in [2.75, 3.05) is 5.73 Å². The molecule has 0 aromatic carbocycles. The number of nitrogens with zero attached hydrogens (tertiary/aromatic N) is 1. The Morgan fingerprint density at radius 3 is 2.26 bits per heavy atom. The molecule has 5 fully saturated rings. The number of ketones is 1. The highest BCUT2D eigenvalue weighted by Gasteiger charge is 2.70. The Balaban J connectivity index is 1.12. The van der Waals surface area contributed by atoms with E-state index in [9.17, 15) is 24.3 Å². The van der Waals surface area contributed by atoms with Crippen LogP contribution in [0.15, 0.2) is 29.5 Å². The van der Waals surface area contributed by atoms with Crippen molar-refractivity contribution in [3.63, 3.8) is 0 Å². The summed E-state index contributed by atoms with van der Waals surface area (Å²) in [5.41, 5.74) is 7.83. The fraction of sp³-hybridized carbons (Fsp3) is 0.756. The van der Waals surface area contributed by atoms with Crippen molar-refractivity contribution in [2.24, 2.45) is 68.0 Å². The Bertz CT molecular complexity index is 1760. The van der Waals surface area contributed by atoms with Gasteiger partial charge in [-0.2, -0.15) is 0 Å². The van der Waals surface area contributed by atoms with Crippen LogP contribution in [0.4, 0.5) is 5.82 Å². The molecule has 296 valence electrons. The molecule has 0 saturated heterocycles. The van der Waals surface area contributed by atoms with E-state index in [1.807, 2.05) is 19.9 Å². The normalized spacial score (nSPS) is 40.4. The second kappa shape index (κ2) is 12.9. The molecule has 9 nitrogen and oxygen atoms in total. The van der Waals surface area contributed by atoms with Crippen LogP contribution in [0.25, 0.3) is 0 Å². The van der Waals surface area contributed by atoms with Gasteiger partial charge in [0.1, 0.15) is 11.9 Å². The first-order valence-corrected chi connectivity index (χ1v) is 20.8. The number of aliphatic carboxylic acids is 1. The van der Waals surface area contributed by atoms with Crippen molar-refractivity contribution in [2.45, 2.75) is 146 Å². The molecule has 1 amide bonds. The maximum atomic E-state index is 14.0. The van der Waals surface area contributed by atoms with Crippen LogP contribution in [0.2, 0.25) is 0 Å². The SMILES string of the molecule is CC(C)C1=C2[C@H]3CC[C@@H]4[C@@]5(C)CC[C@H](OC(=O)[C@H]6C[C@@H](C(=O)O)C6(C)C)C(C)(C)[C@@H]5CC[C@@]4(C)[C@]3(C)CC[C@@]2(CC(=O)NCc2ccc(N)nc2)CC1=O. The summed E-state index contributed by atoms with van der Waals surface area (Å²) in [5, 5.41) is 12.8. The lowest BCUT2D eigenvalue weighted by Gasteiger charge is -2.72. The first kappa shape index (κ1) is 39.0. The van der Waals surface area contributed by atoms with Gasteiger partial charge >= 0.3 is 11.9 Å². The number of amides is 1. The third-order valence-corrected chi connectivity index (χ3v) is 17.5. The van der Waals surface area contributed by atoms with Gasteiger partial charge in [-0.25, -0.2) is 4.98 Å². The molecule has 54 heavy (non-hydrogen) atoms. The third kappa shape index (κ3) is 5.62. The molecule has 1 aromatic rings. The second-order valence-electron chi connectivity index (χ2n) is 20.8. The van der Waals surface area contributed by atoms with Crippen molar-refractivity contribution in [1.29, 1.82) is 0 Å². The number of rotatable bonds is 8. The number of allylic oxidation sites excluding steroid dienone is 2. The van der Waals surface area contributed by atoms with E-state index in [1.54, 1.807) is 12.3 Å². The minimum atomic E-state index is -0.833. The number of nitrogens with one attached hydrogen (secondary N) is 1. The van der Waals surface area contributed by atoms with Crippen molar-refractivity contribution in [3.8, 4) is 0 Å². The Morgan fingerprint density at radius 2 is 1.63 bits per heavy atom. The Hall–Kier alpha value is -3.23. The summed E-state index contributed by atoms with van der Waals surface area (Å²) in [5.74, 6) is -0.0353. The fourth-order valence-corrected chi connectivity index (χ4v) is 14.2. The van der Waals surface area contributed by atoms with Crippen LogP contribution >= 0.6 is 0 Å². The number of anilines is 1. The number of carboxylic acid groups (broad SMARTS) is 1. The summed E-state index contributed by atoms with van der Waals surface area (Å²) in [6.07, 6.45) is 10.6. The van der Waals surface area contributed by atoms with Crippen molar-refractivity contribution in [3.05, 3.63) is 35.0 Å². The van der Waals surface area contributed by atoms with Crippen molar-refractivity contribution in [1.82, 2.24) is 10.3 Å². The van der Waals surface area contributed by atoms with Crippen LogP contribution in [0, 0.1) is 68.0 Å². The van der Waals surface area contributed by atoms with E-state index < -0.39 is 22.7 Å². The number of carbonyl (C=O) groups is 4. The molecule has 0 radical (unpaired) electrons. The smallest absolute Gasteiger partial charge is 0.309 e. The number of fused-ring (bicyclic) bond motifs is 7. The highest BCUT2D eigenvalue weighted by Crippen LogP contribution is 2.77. The number of nitrogens with two attached hydrogens (primary N) is 1. The van der Waals surface area contributed by atoms with Gasteiger partial charge in [0.2, 0.25) is 5.91 Å². The van der Waals surface area contributed by atoms with Gasteiger partial charge in [0.05, 0.1) is 11.8 Å². The number of carbonyl (C=O) groups excluding carboxylic acids is 3. The Kier molecular flexibility index (Phi) is 9.33. The predicted molar refractivity (Wildman–Crippen MR) is 207 cm³/mol. The van der Waals surface area contributed by atoms with Gasteiger partial charge in [0, 0.05) is 36.4 Å². The highest BCUT2D eigenvalue weighted by molar-refractivity contribution is 6.01. The largest absolute Gasteiger partial charge is 0.481 e. The maximum absolute atomic E-state index is 14.0. The quantitative estimate of drug-likeness (QED) is 0.225. The fourth-order valence-electron chi connectivity index (χ4n) is 14.2. The number of hydrogen-bond donors (Lipinski definition) is 3. The van der Waals surface area contributed by atoms with Gasteiger partial charge < -0.3 is 20.9 Å². The molecule has 0 bridgehead atoms. The average Bonchev–Trinajstić information content (AvgIpc) is 3.37. The summed E-state index contributed by atoms with van der Waals surface area (Å²) in [7, 11) is 0. The van der Waals surface area contributed by atoms with Crippen LogP contribution < -0.4 is 11.1 Å². The number of ether oxygens (including phenoxy) is 1. The zero-order valence-corrected chi connectivity index (χ0v) is 34.3. The number of esters is 1. The van der Waals surface area contributed by atoms with Gasteiger partial charge in [0.25, 0.3) is 0 Å². The van der Waals surface area contributed by atoms with Crippen LogP contribution in [-0.2, 0) is 30.5 Å². The maximum Gasteiger partial charge on any atom is 0.309 e. The van der Waals surface area contributed by atoms with Crippen molar-refractivity contribution < 1.29 is 29.0 Å². The summed E-state index contributed by atoms with van der Waals surface area (Å²) in [6.45, 7) is 20.7. The molecule has 6 aliphatic rings. The van der Waals surface area contributed by atoms with E-state index in [4.69, 9.17) is 10.5 Å². The number of aromatic nitrogens is 1. The molecule has 1 aromatic heterocycles. The number of carboxylic acids is 1. The first-order valence-electron chi connectivity index (χ1n) is 20.8. The van der Waals surface area contributed by atoms with Crippen LogP contribution in [0.3, 0.4) is 0 Å². The summed E-state index contributed by atoms with van der Waals surface area (Å²) >= 11 is 0. The molecule has 9 heteroatoms. The number of nitrogen functional groups attached to an aromatic ring is 1.